The van der Waals surface area contributed by atoms with E-state index in [4.69, 9.17) is 18.9 Å². The van der Waals surface area contributed by atoms with E-state index in [1.807, 2.05) is 0 Å². The first-order valence-electron chi connectivity index (χ1n) is 28.0. The maximum Gasteiger partial charge on any atom is 0.397 e. The topological polar surface area (TPSA) is 178 Å². The maximum atomic E-state index is 12.9. The molecule has 408 valence electrons. The number of carbonyl (C=O) groups excluding carboxylic acids is 1. The van der Waals surface area contributed by atoms with Crippen LogP contribution in [-0.2, 0) is 38.3 Å². The summed E-state index contributed by atoms with van der Waals surface area (Å²) in [5.41, 5.74) is 0. The zero-order chi connectivity index (χ0) is 51.0. The van der Waals surface area contributed by atoms with E-state index in [-0.39, 0.29) is 19.6 Å². The van der Waals surface area contributed by atoms with Gasteiger partial charge in [-0.2, -0.15) is 8.42 Å². The maximum absolute atomic E-state index is 12.9. The number of allylic oxidation sites excluding steroid dienone is 10. The monoisotopic (exact) mass is 1010 g/mol. The van der Waals surface area contributed by atoms with Gasteiger partial charge < -0.3 is 34.3 Å². The summed E-state index contributed by atoms with van der Waals surface area (Å²) in [6, 6.07) is 0. The standard InChI is InChI=1S/C57H102O12S/c1-3-5-7-9-11-13-15-17-19-21-23-24-25-26-27-28-29-30-32-34-36-38-40-42-44-46-53(59)67-51(50-66-57-55(61)56(69-70(62,63)64)54(60)52(48-58)68-57)49-65-47-45-43-41-39-37-35-33-31-22-20-18-16-14-12-10-8-6-4-2/h6,8,12,14,18,20-21,23,31,33,51-52,54-58,60-61H,3-5,7,9-11,13,15-17,19,22,24-30,32,34-50H2,1-2H3,(H,62,63,64)/b8-6-,14-12-,20-18-,23-21-,33-31-. The summed E-state index contributed by atoms with van der Waals surface area (Å²) < 4.78 is 59.3. The van der Waals surface area contributed by atoms with E-state index < -0.39 is 59.8 Å². The number of esters is 1. The van der Waals surface area contributed by atoms with Gasteiger partial charge in [-0.15, -0.1) is 0 Å². The lowest BCUT2D eigenvalue weighted by molar-refractivity contribution is -0.301. The predicted molar refractivity (Wildman–Crippen MR) is 285 cm³/mol. The largest absolute Gasteiger partial charge is 0.457 e. The Bertz CT molecular complexity index is 1450. The predicted octanol–water partition coefficient (Wildman–Crippen LogP) is 13.6. The normalized spacial score (nSPS) is 19.5. The van der Waals surface area contributed by atoms with Gasteiger partial charge in [0.15, 0.2) is 6.29 Å². The Labute approximate surface area is 427 Å². The smallest absolute Gasteiger partial charge is 0.397 e. The second-order valence-electron chi connectivity index (χ2n) is 19.1. The van der Waals surface area contributed by atoms with Crippen molar-refractivity contribution in [1.29, 1.82) is 0 Å². The van der Waals surface area contributed by atoms with Gasteiger partial charge in [0.05, 0.1) is 19.8 Å². The Hall–Kier alpha value is -2.20. The van der Waals surface area contributed by atoms with Gasteiger partial charge >= 0.3 is 16.4 Å². The molecule has 0 saturated carbocycles. The van der Waals surface area contributed by atoms with Gasteiger partial charge in [-0.1, -0.05) is 209 Å². The summed E-state index contributed by atoms with van der Waals surface area (Å²) in [7, 11) is -5.07. The van der Waals surface area contributed by atoms with Crippen LogP contribution in [0.3, 0.4) is 0 Å². The molecule has 0 amide bonds. The number of rotatable bonds is 49. The van der Waals surface area contributed by atoms with Gasteiger partial charge in [-0.25, -0.2) is 4.18 Å². The molecule has 0 bridgehead atoms. The summed E-state index contributed by atoms with van der Waals surface area (Å²) in [6.45, 7) is 3.86. The zero-order valence-corrected chi connectivity index (χ0v) is 44.9. The average Bonchev–Trinajstić information content (AvgIpc) is 3.34. The molecule has 1 aliphatic heterocycles. The van der Waals surface area contributed by atoms with Crippen LogP contribution in [0, 0.1) is 0 Å². The van der Waals surface area contributed by atoms with Crippen molar-refractivity contribution in [2.24, 2.45) is 0 Å². The highest BCUT2D eigenvalue weighted by Gasteiger charge is 2.48. The molecule has 0 radical (unpaired) electrons. The molecule has 1 heterocycles. The Kier molecular flexibility index (Phi) is 44.9. The van der Waals surface area contributed by atoms with Crippen molar-refractivity contribution in [3.63, 3.8) is 0 Å². The number of hydrogen-bond donors (Lipinski definition) is 4. The molecule has 0 aromatic rings. The number of aliphatic hydroxyl groups is 3. The second-order valence-corrected chi connectivity index (χ2v) is 20.2. The van der Waals surface area contributed by atoms with Crippen LogP contribution in [-0.4, -0.2) is 97.5 Å². The van der Waals surface area contributed by atoms with Crippen molar-refractivity contribution in [2.75, 3.05) is 26.4 Å². The van der Waals surface area contributed by atoms with E-state index in [1.54, 1.807) is 0 Å². The summed E-state index contributed by atoms with van der Waals surface area (Å²) in [6.07, 6.45) is 52.6. The molecule has 0 aliphatic carbocycles. The lowest BCUT2D eigenvalue weighted by Gasteiger charge is -2.41. The van der Waals surface area contributed by atoms with E-state index in [1.165, 1.54) is 122 Å². The van der Waals surface area contributed by atoms with Crippen LogP contribution in [0.1, 0.15) is 232 Å². The van der Waals surface area contributed by atoms with Crippen molar-refractivity contribution in [3.05, 3.63) is 60.8 Å². The van der Waals surface area contributed by atoms with Crippen molar-refractivity contribution in [1.82, 2.24) is 0 Å². The number of hydrogen-bond acceptors (Lipinski definition) is 11. The molecule has 13 heteroatoms. The summed E-state index contributed by atoms with van der Waals surface area (Å²) in [4.78, 5) is 12.9. The van der Waals surface area contributed by atoms with E-state index in [0.29, 0.717) is 13.0 Å². The van der Waals surface area contributed by atoms with E-state index in [0.717, 1.165) is 83.5 Å². The molecule has 70 heavy (non-hydrogen) atoms. The molecular weight excluding hydrogens is 909 g/mol. The van der Waals surface area contributed by atoms with Crippen molar-refractivity contribution < 1.29 is 56.2 Å². The summed E-state index contributed by atoms with van der Waals surface area (Å²) >= 11 is 0. The molecule has 4 N–H and O–H groups in total. The fourth-order valence-electron chi connectivity index (χ4n) is 8.42. The van der Waals surface area contributed by atoms with E-state index in [2.05, 4.69) is 78.8 Å². The number of aliphatic hydroxyl groups excluding tert-OH is 3. The molecule has 6 atom stereocenters. The zero-order valence-electron chi connectivity index (χ0n) is 44.1. The average molecular weight is 1010 g/mol. The first kappa shape index (κ1) is 65.8. The van der Waals surface area contributed by atoms with Gasteiger partial charge in [-0.3, -0.25) is 9.35 Å². The van der Waals surface area contributed by atoms with Gasteiger partial charge in [0.1, 0.15) is 30.5 Å². The summed E-state index contributed by atoms with van der Waals surface area (Å²) in [5, 5.41) is 30.8. The van der Waals surface area contributed by atoms with Crippen LogP contribution in [0.15, 0.2) is 60.8 Å². The van der Waals surface area contributed by atoms with Gasteiger partial charge in [0.2, 0.25) is 0 Å². The summed E-state index contributed by atoms with van der Waals surface area (Å²) in [5.74, 6) is -0.405. The SMILES string of the molecule is CC/C=C\C/C=C\C/C=C\C/C=C\CCCCCCCOCC(COC1OC(CO)C(O)C(OS(=O)(=O)O)C1O)OC(=O)CCCCCCCCCCCCCCC/C=C\CCCCCCCCCC. The van der Waals surface area contributed by atoms with Crippen molar-refractivity contribution >= 4 is 16.4 Å². The first-order valence-corrected chi connectivity index (χ1v) is 29.4. The van der Waals surface area contributed by atoms with Crippen LogP contribution >= 0.6 is 0 Å². The first-order chi connectivity index (χ1) is 34.1. The molecule has 0 aromatic heterocycles. The van der Waals surface area contributed by atoms with Crippen molar-refractivity contribution in [2.45, 2.75) is 269 Å². The molecule has 1 fully saturated rings. The molecule has 1 saturated heterocycles. The lowest BCUT2D eigenvalue weighted by atomic mass is 9.99. The highest BCUT2D eigenvalue weighted by atomic mass is 32.3. The fraction of sp³-hybridized carbons (Fsp3) is 0.807. The van der Waals surface area contributed by atoms with E-state index >= 15 is 0 Å². The molecule has 1 rings (SSSR count). The third kappa shape index (κ3) is 40.3. The number of ether oxygens (including phenoxy) is 4. The lowest BCUT2D eigenvalue weighted by Crippen LogP contribution is -2.60. The molecular formula is C57H102O12S. The minimum absolute atomic E-state index is 0.0223. The van der Waals surface area contributed by atoms with Crippen LogP contribution in [0.25, 0.3) is 0 Å². The van der Waals surface area contributed by atoms with Crippen molar-refractivity contribution in [3.8, 4) is 0 Å². The highest BCUT2D eigenvalue weighted by Crippen LogP contribution is 2.26. The van der Waals surface area contributed by atoms with E-state index in [9.17, 15) is 33.1 Å². The Morgan fingerprint density at radius 3 is 1.46 bits per heavy atom. The second kappa shape index (κ2) is 47.8. The van der Waals surface area contributed by atoms with Gasteiger partial charge in [0.25, 0.3) is 0 Å². The van der Waals surface area contributed by atoms with Crippen LogP contribution < -0.4 is 0 Å². The van der Waals surface area contributed by atoms with Gasteiger partial charge in [-0.05, 0) is 77.0 Å². The highest BCUT2D eigenvalue weighted by molar-refractivity contribution is 7.80. The molecule has 0 aromatic carbocycles. The minimum atomic E-state index is -5.07. The van der Waals surface area contributed by atoms with Crippen LogP contribution in [0.2, 0.25) is 0 Å². The Morgan fingerprint density at radius 1 is 0.557 bits per heavy atom. The minimum Gasteiger partial charge on any atom is -0.457 e. The van der Waals surface area contributed by atoms with Gasteiger partial charge in [0, 0.05) is 13.0 Å². The Morgan fingerprint density at radius 2 is 0.986 bits per heavy atom. The van der Waals surface area contributed by atoms with Crippen LogP contribution in [0.4, 0.5) is 0 Å². The number of unbranched alkanes of at least 4 members (excludes halogenated alkanes) is 26. The molecule has 12 nitrogen and oxygen atoms in total. The molecule has 0 spiro atoms. The quantitative estimate of drug-likeness (QED) is 0.0196. The third-order valence-corrected chi connectivity index (χ3v) is 13.1. The molecule has 6 unspecified atom stereocenters. The van der Waals surface area contributed by atoms with Crippen LogP contribution in [0.5, 0.6) is 0 Å². The molecule has 1 aliphatic rings. The number of carbonyl (C=O) groups is 1. The fourth-order valence-corrected chi connectivity index (χ4v) is 8.93. The Balaban J connectivity index is 2.31. The third-order valence-electron chi connectivity index (χ3n) is 12.6.